The first-order valence-electron chi connectivity index (χ1n) is 6.87. The van der Waals surface area contributed by atoms with Crippen molar-refractivity contribution >= 4 is 21.6 Å². The molecule has 0 aromatic heterocycles. The van der Waals surface area contributed by atoms with E-state index in [-0.39, 0.29) is 23.7 Å². The SMILES string of the molecule is CCNC(=O)CN(CC)S(=O)(=O)c1ccc(OC)c([N+](=O)[O-])c1. The molecule has 10 heteroatoms. The fraction of sp³-hybridized carbons (Fsp3) is 0.462. The van der Waals surface area contributed by atoms with E-state index in [1.165, 1.54) is 19.2 Å². The van der Waals surface area contributed by atoms with Crippen molar-refractivity contribution in [2.24, 2.45) is 0 Å². The van der Waals surface area contributed by atoms with Crippen LogP contribution in [0.4, 0.5) is 5.69 Å². The van der Waals surface area contributed by atoms with Gasteiger partial charge >= 0.3 is 5.69 Å². The first-order chi connectivity index (χ1) is 10.8. The molecule has 0 fully saturated rings. The maximum absolute atomic E-state index is 12.6. The molecule has 1 amide bonds. The number of nitrogens with zero attached hydrogens (tertiary/aromatic N) is 2. The second-order valence-corrected chi connectivity index (χ2v) is 6.41. The number of methoxy groups -OCH3 is 1. The molecule has 128 valence electrons. The molecule has 0 aliphatic carbocycles. The van der Waals surface area contributed by atoms with Gasteiger partial charge in [-0.2, -0.15) is 4.31 Å². The molecule has 0 heterocycles. The minimum Gasteiger partial charge on any atom is -0.490 e. The largest absolute Gasteiger partial charge is 0.490 e. The van der Waals surface area contributed by atoms with Gasteiger partial charge in [0.15, 0.2) is 5.75 Å². The summed E-state index contributed by atoms with van der Waals surface area (Å²) in [6.07, 6.45) is 0. The molecule has 23 heavy (non-hydrogen) atoms. The maximum Gasteiger partial charge on any atom is 0.312 e. The molecule has 0 aliphatic rings. The van der Waals surface area contributed by atoms with Crippen molar-refractivity contribution in [3.8, 4) is 5.75 Å². The lowest BCUT2D eigenvalue weighted by Gasteiger charge is -2.20. The lowest BCUT2D eigenvalue weighted by atomic mass is 10.3. The van der Waals surface area contributed by atoms with Crippen molar-refractivity contribution in [3.05, 3.63) is 28.3 Å². The Bertz CT molecular complexity index is 689. The number of hydrogen-bond acceptors (Lipinski definition) is 6. The highest BCUT2D eigenvalue weighted by atomic mass is 32.2. The number of nitro groups is 1. The second kappa shape index (κ2) is 7.88. The molecular weight excluding hydrogens is 326 g/mol. The number of amides is 1. The third-order valence-electron chi connectivity index (χ3n) is 3.03. The Morgan fingerprint density at radius 2 is 2.04 bits per heavy atom. The molecule has 0 unspecified atom stereocenters. The third-order valence-corrected chi connectivity index (χ3v) is 4.95. The maximum atomic E-state index is 12.6. The number of sulfonamides is 1. The van der Waals surface area contributed by atoms with Crippen LogP contribution >= 0.6 is 0 Å². The van der Waals surface area contributed by atoms with Gasteiger partial charge in [0.1, 0.15) is 0 Å². The molecule has 0 bridgehead atoms. The zero-order chi connectivity index (χ0) is 17.6. The minimum absolute atomic E-state index is 0.0410. The van der Waals surface area contributed by atoms with Gasteiger partial charge in [-0.25, -0.2) is 8.42 Å². The van der Waals surface area contributed by atoms with Crippen molar-refractivity contribution in [2.75, 3.05) is 26.7 Å². The number of carbonyl (C=O) groups is 1. The predicted octanol–water partition coefficient (Wildman–Crippen LogP) is 0.750. The van der Waals surface area contributed by atoms with Crippen LogP contribution in [-0.2, 0) is 14.8 Å². The van der Waals surface area contributed by atoms with Gasteiger partial charge in [0.05, 0.1) is 23.5 Å². The van der Waals surface area contributed by atoms with E-state index in [4.69, 9.17) is 4.74 Å². The average Bonchev–Trinajstić information content (AvgIpc) is 2.51. The van der Waals surface area contributed by atoms with Crippen LogP contribution in [0.5, 0.6) is 5.75 Å². The van der Waals surface area contributed by atoms with Crippen molar-refractivity contribution in [2.45, 2.75) is 18.7 Å². The highest BCUT2D eigenvalue weighted by molar-refractivity contribution is 7.89. The number of hydrogen-bond donors (Lipinski definition) is 1. The number of nitrogens with one attached hydrogen (secondary N) is 1. The summed E-state index contributed by atoms with van der Waals surface area (Å²) in [5.41, 5.74) is -0.456. The summed E-state index contributed by atoms with van der Waals surface area (Å²) in [6, 6.07) is 3.35. The molecule has 1 aromatic rings. The summed E-state index contributed by atoms with van der Waals surface area (Å²) >= 11 is 0. The summed E-state index contributed by atoms with van der Waals surface area (Å²) < 4.78 is 30.9. The molecule has 1 rings (SSSR count). The van der Waals surface area contributed by atoms with E-state index in [1.807, 2.05) is 0 Å². The fourth-order valence-corrected chi connectivity index (χ4v) is 3.33. The van der Waals surface area contributed by atoms with Crippen LogP contribution in [0.1, 0.15) is 13.8 Å². The molecule has 1 aromatic carbocycles. The Morgan fingerprint density at radius 3 is 2.52 bits per heavy atom. The Morgan fingerprint density at radius 1 is 1.39 bits per heavy atom. The van der Waals surface area contributed by atoms with Crippen molar-refractivity contribution in [1.29, 1.82) is 0 Å². The van der Waals surface area contributed by atoms with E-state index >= 15 is 0 Å². The molecule has 0 aliphatic heterocycles. The third kappa shape index (κ3) is 4.39. The summed E-state index contributed by atoms with van der Waals surface area (Å²) in [4.78, 5) is 21.6. The number of benzene rings is 1. The molecule has 0 radical (unpaired) electrons. The van der Waals surface area contributed by atoms with E-state index in [0.717, 1.165) is 10.4 Å². The Balaban J connectivity index is 3.23. The highest BCUT2D eigenvalue weighted by Crippen LogP contribution is 2.30. The summed E-state index contributed by atoms with van der Waals surface area (Å²) in [7, 11) is -2.78. The zero-order valence-corrected chi connectivity index (χ0v) is 13.9. The van der Waals surface area contributed by atoms with Crippen LogP contribution in [0.25, 0.3) is 0 Å². The van der Waals surface area contributed by atoms with Crippen molar-refractivity contribution in [1.82, 2.24) is 9.62 Å². The van der Waals surface area contributed by atoms with E-state index in [1.54, 1.807) is 13.8 Å². The average molecular weight is 345 g/mol. The normalized spacial score (nSPS) is 11.3. The van der Waals surface area contributed by atoms with E-state index < -0.39 is 26.5 Å². The van der Waals surface area contributed by atoms with Crippen LogP contribution in [-0.4, -0.2) is 50.3 Å². The minimum atomic E-state index is -4.03. The zero-order valence-electron chi connectivity index (χ0n) is 13.1. The van der Waals surface area contributed by atoms with Crippen LogP contribution in [0.3, 0.4) is 0 Å². The number of rotatable bonds is 8. The lowest BCUT2D eigenvalue weighted by Crippen LogP contribution is -2.40. The van der Waals surface area contributed by atoms with Crippen LogP contribution in [0.15, 0.2) is 23.1 Å². The summed E-state index contributed by atoms with van der Waals surface area (Å²) in [6.45, 7) is 3.38. The summed E-state index contributed by atoms with van der Waals surface area (Å²) in [5, 5.41) is 13.5. The number of nitro benzene ring substituents is 1. The molecule has 0 atom stereocenters. The summed E-state index contributed by atoms with van der Waals surface area (Å²) in [5.74, 6) is -0.485. The fourth-order valence-electron chi connectivity index (χ4n) is 1.90. The monoisotopic (exact) mass is 345 g/mol. The van der Waals surface area contributed by atoms with Crippen molar-refractivity contribution < 1.29 is 22.9 Å². The first-order valence-corrected chi connectivity index (χ1v) is 8.31. The smallest absolute Gasteiger partial charge is 0.312 e. The predicted molar refractivity (Wildman–Crippen MR) is 82.8 cm³/mol. The quantitative estimate of drug-likeness (QED) is 0.548. The highest BCUT2D eigenvalue weighted by Gasteiger charge is 2.28. The molecule has 0 saturated carbocycles. The first kappa shape index (κ1) is 18.8. The lowest BCUT2D eigenvalue weighted by molar-refractivity contribution is -0.386. The Kier molecular flexibility index (Phi) is 6.46. The van der Waals surface area contributed by atoms with E-state index in [9.17, 15) is 23.3 Å². The van der Waals surface area contributed by atoms with E-state index in [0.29, 0.717) is 6.54 Å². The van der Waals surface area contributed by atoms with Gasteiger partial charge in [-0.3, -0.25) is 14.9 Å². The van der Waals surface area contributed by atoms with Gasteiger partial charge in [-0.1, -0.05) is 6.92 Å². The van der Waals surface area contributed by atoms with Gasteiger partial charge in [0, 0.05) is 19.2 Å². The molecule has 0 saturated heterocycles. The molecule has 0 spiro atoms. The number of likely N-dealkylation sites (N-methyl/N-ethyl adjacent to an activating group) is 2. The standard InChI is InChI=1S/C13H19N3O6S/c1-4-14-13(17)9-15(5-2)23(20,21)10-6-7-12(22-3)11(8-10)16(18)19/h6-8H,4-5,9H2,1-3H3,(H,14,17). The number of ether oxygens (including phenoxy) is 1. The molecule has 1 N–H and O–H groups in total. The van der Waals surface area contributed by atoms with Gasteiger partial charge in [-0.05, 0) is 19.1 Å². The van der Waals surface area contributed by atoms with Crippen LogP contribution < -0.4 is 10.1 Å². The Labute approximate surface area is 134 Å². The van der Waals surface area contributed by atoms with Gasteiger partial charge < -0.3 is 10.1 Å². The number of carbonyl (C=O) groups excluding carboxylic acids is 1. The van der Waals surface area contributed by atoms with Gasteiger partial charge in [-0.15, -0.1) is 0 Å². The van der Waals surface area contributed by atoms with Gasteiger partial charge in [0.25, 0.3) is 0 Å². The van der Waals surface area contributed by atoms with Gasteiger partial charge in [0.2, 0.25) is 15.9 Å². The van der Waals surface area contributed by atoms with Crippen LogP contribution in [0, 0.1) is 10.1 Å². The Hall–Kier alpha value is -2.20. The van der Waals surface area contributed by atoms with Crippen LogP contribution in [0.2, 0.25) is 0 Å². The second-order valence-electron chi connectivity index (χ2n) is 4.48. The van der Waals surface area contributed by atoms with Crippen molar-refractivity contribution in [3.63, 3.8) is 0 Å². The molecular formula is C13H19N3O6S. The topological polar surface area (TPSA) is 119 Å². The van der Waals surface area contributed by atoms with E-state index in [2.05, 4.69) is 5.32 Å². The molecule has 9 nitrogen and oxygen atoms in total.